The Bertz CT molecular complexity index is 1080. The minimum atomic E-state index is -0.763. The fourth-order valence-corrected chi connectivity index (χ4v) is 8.16. The smallest absolute Gasteiger partial charge is 0.306 e. The van der Waals surface area contributed by atoms with Crippen molar-refractivity contribution in [2.75, 3.05) is 13.2 Å². The monoisotopic (exact) mass is 899 g/mol. The zero-order chi connectivity index (χ0) is 46.5. The molecule has 0 N–H and O–H groups in total. The van der Waals surface area contributed by atoms with Crippen LogP contribution in [-0.2, 0) is 28.6 Å². The molecule has 0 aliphatic heterocycles. The van der Waals surface area contributed by atoms with Crippen LogP contribution in [0.2, 0.25) is 0 Å². The highest BCUT2D eigenvalue weighted by Gasteiger charge is 2.19. The fraction of sp³-hybridized carbons (Fsp3) is 0.845. The third-order valence-electron chi connectivity index (χ3n) is 12.4. The molecule has 0 heterocycles. The molecular weight excluding hydrogens is 793 g/mol. The molecule has 0 radical (unpaired) electrons. The summed E-state index contributed by atoms with van der Waals surface area (Å²) in [5.41, 5.74) is 0. The second kappa shape index (κ2) is 53.2. The lowest BCUT2D eigenvalue weighted by atomic mass is 10.0. The second-order valence-electron chi connectivity index (χ2n) is 18.9. The van der Waals surface area contributed by atoms with E-state index < -0.39 is 6.10 Å². The minimum absolute atomic E-state index is 0.0682. The Morgan fingerprint density at radius 1 is 0.312 bits per heavy atom. The lowest BCUT2D eigenvalue weighted by molar-refractivity contribution is -0.167. The van der Waals surface area contributed by atoms with Crippen molar-refractivity contribution in [2.24, 2.45) is 0 Å². The topological polar surface area (TPSA) is 78.9 Å². The fourth-order valence-electron chi connectivity index (χ4n) is 8.16. The van der Waals surface area contributed by atoms with Gasteiger partial charge in [-0.1, -0.05) is 256 Å². The third-order valence-corrected chi connectivity index (χ3v) is 12.4. The van der Waals surface area contributed by atoms with Gasteiger partial charge in [0.05, 0.1) is 0 Å². The Morgan fingerprint density at radius 2 is 0.562 bits per heavy atom. The average molecular weight is 899 g/mol. The number of rotatable bonds is 51. The van der Waals surface area contributed by atoms with Crippen LogP contribution in [0.4, 0.5) is 0 Å². The van der Waals surface area contributed by atoms with E-state index in [0.29, 0.717) is 19.3 Å². The van der Waals surface area contributed by atoms with E-state index in [-0.39, 0.29) is 31.1 Å². The molecule has 1 atom stereocenters. The predicted octanol–water partition coefficient (Wildman–Crippen LogP) is 18.5. The van der Waals surface area contributed by atoms with Crippen LogP contribution in [0, 0.1) is 0 Å². The van der Waals surface area contributed by atoms with Gasteiger partial charge in [0.1, 0.15) is 13.2 Å². The number of allylic oxidation sites excluding steroid dienone is 6. The van der Waals surface area contributed by atoms with Gasteiger partial charge in [-0.2, -0.15) is 0 Å². The van der Waals surface area contributed by atoms with Crippen LogP contribution < -0.4 is 0 Å². The SMILES string of the molecule is CCCCCCC/C=C\C/C=C\C/C=C\CCCCCCCCCCCCCCCCC(=O)OCC(COC(=O)CCCCCCCCC)OC(=O)CCCCCCCCCCCC. The number of unbranched alkanes of at least 4 members (excludes halogenated alkanes) is 34. The molecular formula is C58H106O6. The third kappa shape index (κ3) is 50.6. The molecule has 374 valence electrons. The summed E-state index contributed by atoms with van der Waals surface area (Å²) in [7, 11) is 0. The first-order valence-corrected chi connectivity index (χ1v) is 28.0. The standard InChI is InChI=1S/C58H106O6/c1-4-7-10-13-16-18-20-21-22-23-24-25-26-27-28-29-30-31-32-33-34-35-36-37-38-40-42-45-48-51-57(60)63-54-55(53-62-56(59)50-47-44-41-15-12-9-6-3)64-58(61)52-49-46-43-39-19-17-14-11-8-5-2/h20-21,23-24,26-27,55H,4-19,22,25,28-54H2,1-3H3/b21-20-,24-23-,27-26-. The van der Waals surface area contributed by atoms with Gasteiger partial charge >= 0.3 is 17.9 Å². The highest BCUT2D eigenvalue weighted by molar-refractivity contribution is 5.71. The highest BCUT2D eigenvalue weighted by Crippen LogP contribution is 2.16. The molecule has 64 heavy (non-hydrogen) atoms. The molecule has 0 saturated heterocycles. The Balaban J connectivity index is 3.99. The van der Waals surface area contributed by atoms with Crippen molar-refractivity contribution in [3.8, 4) is 0 Å². The maximum atomic E-state index is 12.7. The lowest BCUT2D eigenvalue weighted by Crippen LogP contribution is -2.30. The maximum Gasteiger partial charge on any atom is 0.306 e. The van der Waals surface area contributed by atoms with Crippen LogP contribution in [0.1, 0.15) is 297 Å². The minimum Gasteiger partial charge on any atom is -0.462 e. The zero-order valence-corrected chi connectivity index (χ0v) is 42.8. The summed E-state index contributed by atoms with van der Waals surface area (Å²) in [6.07, 6.45) is 63.2. The molecule has 6 nitrogen and oxygen atoms in total. The van der Waals surface area contributed by atoms with E-state index in [1.807, 2.05) is 0 Å². The van der Waals surface area contributed by atoms with Crippen molar-refractivity contribution < 1.29 is 28.6 Å². The van der Waals surface area contributed by atoms with Gasteiger partial charge in [-0.15, -0.1) is 0 Å². The van der Waals surface area contributed by atoms with E-state index in [1.54, 1.807) is 0 Å². The van der Waals surface area contributed by atoms with Crippen molar-refractivity contribution >= 4 is 17.9 Å². The molecule has 1 unspecified atom stereocenters. The number of carbonyl (C=O) groups is 3. The highest BCUT2D eigenvalue weighted by atomic mass is 16.6. The first-order valence-electron chi connectivity index (χ1n) is 28.0. The van der Waals surface area contributed by atoms with Crippen molar-refractivity contribution in [1.82, 2.24) is 0 Å². The molecule has 0 aliphatic carbocycles. The predicted molar refractivity (Wildman–Crippen MR) is 275 cm³/mol. The average Bonchev–Trinajstić information content (AvgIpc) is 3.29. The summed E-state index contributed by atoms with van der Waals surface area (Å²) in [6, 6.07) is 0. The van der Waals surface area contributed by atoms with Gasteiger partial charge < -0.3 is 14.2 Å². The van der Waals surface area contributed by atoms with Gasteiger partial charge in [-0.3, -0.25) is 14.4 Å². The quantitative estimate of drug-likeness (QED) is 0.0262. The molecule has 0 amide bonds. The van der Waals surface area contributed by atoms with Crippen molar-refractivity contribution in [1.29, 1.82) is 0 Å². The molecule has 0 fully saturated rings. The van der Waals surface area contributed by atoms with Gasteiger partial charge in [0.25, 0.3) is 0 Å². The number of carbonyl (C=O) groups excluding carboxylic acids is 3. The van der Waals surface area contributed by atoms with E-state index in [9.17, 15) is 14.4 Å². The summed E-state index contributed by atoms with van der Waals surface area (Å²) in [5.74, 6) is -0.866. The van der Waals surface area contributed by atoms with Gasteiger partial charge in [-0.25, -0.2) is 0 Å². The van der Waals surface area contributed by atoms with Gasteiger partial charge in [0.2, 0.25) is 0 Å². The number of hydrogen-bond donors (Lipinski definition) is 0. The zero-order valence-electron chi connectivity index (χ0n) is 42.8. The first kappa shape index (κ1) is 61.6. The van der Waals surface area contributed by atoms with E-state index in [1.165, 1.54) is 186 Å². The number of hydrogen-bond acceptors (Lipinski definition) is 6. The lowest BCUT2D eigenvalue weighted by Gasteiger charge is -2.18. The Kier molecular flexibility index (Phi) is 51.3. The van der Waals surface area contributed by atoms with E-state index >= 15 is 0 Å². The van der Waals surface area contributed by atoms with Crippen LogP contribution in [0.3, 0.4) is 0 Å². The summed E-state index contributed by atoms with van der Waals surface area (Å²) < 4.78 is 16.7. The van der Waals surface area contributed by atoms with Gasteiger partial charge in [0.15, 0.2) is 6.10 Å². The molecule has 0 saturated carbocycles. The molecule has 0 aromatic carbocycles. The summed E-state index contributed by atoms with van der Waals surface area (Å²) >= 11 is 0. The molecule has 0 aliphatic rings. The maximum absolute atomic E-state index is 12.7. The van der Waals surface area contributed by atoms with Crippen molar-refractivity contribution in [2.45, 2.75) is 303 Å². The Hall–Kier alpha value is -2.37. The summed E-state index contributed by atoms with van der Waals surface area (Å²) in [4.78, 5) is 37.7. The van der Waals surface area contributed by atoms with Crippen LogP contribution in [-0.4, -0.2) is 37.2 Å². The van der Waals surface area contributed by atoms with Crippen LogP contribution in [0.15, 0.2) is 36.5 Å². The van der Waals surface area contributed by atoms with Crippen LogP contribution in [0.25, 0.3) is 0 Å². The van der Waals surface area contributed by atoms with Crippen LogP contribution >= 0.6 is 0 Å². The molecule has 0 spiro atoms. The molecule has 0 aromatic rings. The normalized spacial score (nSPS) is 12.2. The number of esters is 3. The molecule has 0 bridgehead atoms. The summed E-state index contributed by atoms with van der Waals surface area (Å²) in [6.45, 7) is 6.59. The van der Waals surface area contributed by atoms with E-state index in [0.717, 1.165) is 70.6 Å². The summed E-state index contributed by atoms with van der Waals surface area (Å²) in [5, 5.41) is 0. The van der Waals surface area contributed by atoms with E-state index in [2.05, 4.69) is 57.2 Å². The van der Waals surface area contributed by atoms with Crippen molar-refractivity contribution in [3.05, 3.63) is 36.5 Å². The van der Waals surface area contributed by atoms with E-state index in [4.69, 9.17) is 14.2 Å². The Morgan fingerprint density at radius 3 is 0.875 bits per heavy atom. The molecule has 6 heteroatoms. The van der Waals surface area contributed by atoms with Crippen molar-refractivity contribution in [3.63, 3.8) is 0 Å². The number of ether oxygens (including phenoxy) is 3. The Labute approximate surface area is 397 Å². The molecule has 0 aromatic heterocycles. The van der Waals surface area contributed by atoms with Crippen LogP contribution in [0.5, 0.6) is 0 Å². The largest absolute Gasteiger partial charge is 0.462 e. The second-order valence-corrected chi connectivity index (χ2v) is 18.9. The van der Waals surface area contributed by atoms with Gasteiger partial charge in [-0.05, 0) is 57.8 Å². The van der Waals surface area contributed by atoms with Gasteiger partial charge in [0, 0.05) is 19.3 Å². The first-order chi connectivity index (χ1) is 31.5. The molecule has 0 rings (SSSR count).